The van der Waals surface area contributed by atoms with Crippen molar-refractivity contribution < 1.29 is 5.11 Å². The number of halogens is 1. The van der Waals surface area contributed by atoms with Crippen LogP contribution in [-0.2, 0) is 0 Å². The second-order valence-electron chi connectivity index (χ2n) is 2.44. The molecule has 0 aliphatic heterocycles. The maximum atomic E-state index is 8.47. The largest absolute Gasteiger partial charge is 0.396 e. The fraction of sp³-hybridized carbons (Fsp3) is 0.400. The van der Waals surface area contributed by atoms with E-state index in [1.807, 2.05) is 24.3 Å². The van der Waals surface area contributed by atoms with Crippen molar-refractivity contribution in [3.63, 3.8) is 0 Å². The first kappa shape index (κ1) is 11.7. The van der Waals surface area contributed by atoms with Crippen LogP contribution in [-0.4, -0.2) is 11.7 Å². The van der Waals surface area contributed by atoms with E-state index in [1.54, 1.807) is 0 Å². The Bertz CT molecular complexity index is 171. The summed E-state index contributed by atoms with van der Waals surface area (Å²) in [6.07, 6.45) is 10.7. The van der Waals surface area contributed by atoms with Crippen LogP contribution in [0.25, 0.3) is 0 Å². The summed E-state index contributed by atoms with van der Waals surface area (Å²) in [6, 6.07) is 0. The second kappa shape index (κ2) is 8.75. The molecule has 1 N–H and O–H groups in total. The highest BCUT2D eigenvalue weighted by Gasteiger charge is 1.79. The van der Waals surface area contributed by atoms with Crippen molar-refractivity contribution in [1.29, 1.82) is 0 Å². The van der Waals surface area contributed by atoms with Crippen molar-refractivity contribution in [3.05, 3.63) is 35.4 Å². The van der Waals surface area contributed by atoms with Crippen LogP contribution in [0.4, 0.5) is 0 Å². The lowest BCUT2D eigenvalue weighted by atomic mass is 10.3. The highest BCUT2D eigenvalue weighted by Crippen LogP contribution is 2.06. The fourth-order valence-corrected chi connectivity index (χ4v) is 0.845. The molecular weight excluding hydrogens is 216 g/mol. The van der Waals surface area contributed by atoms with E-state index in [-0.39, 0.29) is 6.61 Å². The first-order valence-electron chi connectivity index (χ1n) is 4.03. The molecule has 0 unspecified atom stereocenters. The van der Waals surface area contributed by atoms with Gasteiger partial charge in [-0.1, -0.05) is 46.8 Å². The molecule has 12 heavy (non-hydrogen) atoms. The highest BCUT2D eigenvalue weighted by molar-refractivity contribution is 9.11. The molecule has 0 aromatic carbocycles. The van der Waals surface area contributed by atoms with Crippen molar-refractivity contribution in [2.75, 3.05) is 6.61 Å². The molecule has 0 spiro atoms. The van der Waals surface area contributed by atoms with Crippen LogP contribution in [0.15, 0.2) is 35.4 Å². The molecule has 0 fully saturated rings. The summed E-state index contributed by atoms with van der Waals surface area (Å²) in [5.41, 5.74) is 0. The minimum absolute atomic E-state index is 0.270. The van der Waals surface area contributed by atoms with Crippen LogP contribution in [0.2, 0.25) is 0 Å². The maximum absolute atomic E-state index is 8.47. The normalized spacial score (nSPS) is 11.5. The number of rotatable bonds is 6. The summed E-state index contributed by atoms with van der Waals surface area (Å²) in [5.74, 6) is 0. The van der Waals surface area contributed by atoms with Gasteiger partial charge in [-0.05, 0) is 23.7 Å². The number of allylic oxidation sites excluding steroid dienone is 5. The van der Waals surface area contributed by atoms with E-state index in [2.05, 4.69) is 22.5 Å². The zero-order valence-corrected chi connectivity index (χ0v) is 8.76. The summed E-state index contributed by atoms with van der Waals surface area (Å²) in [4.78, 5) is 0. The van der Waals surface area contributed by atoms with Gasteiger partial charge in [0, 0.05) is 6.61 Å². The van der Waals surface area contributed by atoms with E-state index in [9.17, 15) is 0 Å². The smallest absolute Gasteiger partial charge is 0.0433 e. The van der Waals surface area contributed by atoms with E-state index < -0.39 is 0 Å². The molecule has 0 atom stereocenters. The molecule has 0 saturated carbocycles. The molecule has 0 bridgehead atoms. The van der Waals surface area contributed by atoms with Crippen LogP contribution < -0.4 is 0 Å². The monoisotopic (exact) mass is 230 g/mol. The molecule has 2 heteroatoms. The van der Waals surface area contributed by atoms with Crippen LogP contribution >= 0.6 is 15.9 Å². The van der Waals surface area contributed by atoms with Gasteiger partial charge in [0.15, 0.2) is 0 Å². The van der Waals surface area contributed by atoms with Gasteiger partial charge in [-0.3, -0.25) is 0 Å². The Balaban J connectivity index is 3.33. The van der Waals surface area contributed by atoms with Crippen LogP contribution in [0.5, 0.6) is 0 Å². The van der Waals surface area contributed by atoms with Crippen molar-refractivity contribution in [2.24, 2.45) is 0 Å². The molecule has 0 aliphatic rings. The van der Waals surface area contributed by atoms with Gasteiger partial charge >= 0.3 is 0 Å². The van der Waals surface area contributed by atoms with E-state index in [4.69, 9.17) is 5.11 Å². The average molecular weight is 231 g/mol. The molecule has 0 radical (unpaired) electrons. The maximum Gasteiger partial charge on any atom is 0.0433 e. The minimum Gasteiger partial charge on any atom is -0.396 e. The van der Waals surface area contributed by atoms with Gasteiger partial charge in [0.25, 0.3) is 0 Å². The molecule has 1 nitrogen and oxygen atoms in total. The molecule has 0 aromatic heterocycles. The van der Waals surface area contributed by atoms with Gasteiger partial charge in [-0.15, -0.1) is 0 Å². The Kier molecular flexibility index (Phi) is 8.51. The number of aliphatic hydroxyl groups is 1. The molecule has 0 aromatic rings. The summed E-state index contributed by atoms with van der Waals surface area (Å²) in [7, 11) is 0. The van der Waals surface area contributed by atoms with Gasteiger partial charge in [0.1, 0.15) is 0 Å². The standard InChI is InChI=1S/C10H15BrO/c1-10(11)8-6-4-2-3-5-7-9-12/h2-4,6,12H,1,5,7-9H2/b3-2-,6-4-. The topological polar surface area (TPSA) is 20.2 Å². The van der Waals surface area contributed by atoms with Gasteiger partial charge in [0.2, 0.25) is 0 Å². The number of unbranched alkanes of at least 4 members (excludes halogenated alkanes) is 1. The zero-order chi connectivity index (χ0) is 9.23. The third kappa shape index (κ3) is 9.66. The third-order valence-electron chi connectivity index (χ3n) is 1.25. The third-order valence-corrected chi connectivity index (χ3v) is 1.58. The van der Waals surface area contributed by atoms with Crippen LogP contribution in [0, 0.1) is 0 Å². The van der Waals surface area contributed by atoms with E-state index in [1.165, 1.54) is 0 Å². The summed E-state index contributed by atoms with van der Waals surface area (Å²) in [5, 5.41) is 8.47. The Morgan fingerprint density at radius 1 is 1.33 bits per heavy atom. The van der Waals surface area contributed by atoms with E-state index >= 15 is 0 Å². The number of aliphatic hydroxyl groups excluding tert-OH is 1. The Morgan fingerprint density at radius 3 is 2.58 bits per heavy atom. The van der Waals surface area contributed by atoms with Crippen molar-refractivity contribution in [3.8, 4) is 0 Å². The predicted octanol–water partition coefficient (Wildman–Crippen LogP) is 3.17. The molecule has 68 valence electrons. The molecular formula is C10H15BrO. The Hall–Kier alpha value is -0.340. The zero-order valence-electron chi connectivity index (χ0n) is 7.17. The lowest BCUT2D eigenvalue weighted by molar-refractivity contribution is 0.289. The first-order chi connectivity index (χ1) is 5.77. The fourth-order valence-electron chi connectivity index (χ4n) is 0.658. The second-order valence-corrected chi connectivity index (χ2v) is 3.56. The van der Waals surface area contributed by atoms with Crippen LogP contribution in [0.1, 0.15) is 19.3 Å². The molecule has 0 saturated heterocycles. The molecule has 0 aliphatic carbocycles. The Labute approximate surface area is 82.6 Å². The van der Waals surface area contributed by atoms with Crippen molar-refractivity contribution in [2.45, 2.75) is 19.3 Å². The number of hydrogen-bond acceptors (Lipinski definition) is 1. The first-order valence-corrected chi connectivity index (χ1v) is 4.82. The van der Waals surface area contributed by atoms with Gasteiger partial charge in [0.05, 0.1) is 0 Å². The molecule has 0 rings (SSSR count). The quantitative estimate of drug-likeness (QED) is 0.549. The van der Waals surface area contributed by atoms with Gasteiger partial charge in [-0.2, -0.15) is 0 Å². The summed E-state index contributed by atoms with van der Waals surface area (Å²) in [6.45, 7) is 3.98. The summed E-state index contributed by atoms with van der Waals surface area (Å²) >= 11 is 3.27. The van der Waals surface area contributed by atoms with E-state index in [0.717, 1.165) is 23.7 Å². The van der Waals surface area contributed by atoms with Gasteiger partial charge in [-0.25, -0.2) is 0 Å². The Morgan fingerprint density at radius 2 is 2.00 bits per heavy atom. The average Bonchev–Trinajstić information content (AvgIpc) is 2.02. The lowest BCUT2D eigenvalue weighted by Gasteiger charge is -1.86. The van der Waals surface area contributed by atoms with Gasteiger partial charge < -0.3 is 5.11 Å². The number of hydrogen-bond donors (Lipinski definition) is 1. The highest BCUT2D eigenvalue weighted by atomic mass is 79.9. The molecule has 0 heterocycles. The minimum atomic E-state index is 0.270. The predicted molar refractivity (Wildman–Crippen MR) is 57.3 cm³/mol. The lowest BCUT2D eigenvalue weighted by Crippen LogP contribution is -1.77. The van der Waals surface area contributed by atoms with Crippen LogP contribution in [0.3, 0.4) is 0 Å². The SMILES string of the molecule is C=C(Br)C/C=C\C=C/CCCO. The van der Waals surface area contributed by atoms with Crippen molar-refractivity contribution >= 4 is 15.9 Å². The van der Waals surface area contributed by atoms with Crippen molar-refractivity contribution in [1.82, 2.24) is 0 Å². The summed E-state index contributed by atoms with van der Waals surface area (Å²) < 4.78 is 0.988. The van der Waals surface area contributed by atoms with E-state index in [0.29, 0.717) is 0 Å². The molecule has 0 amide bonds.